The summed E-state index contributed by atoms with van der Waals surface area (Å²) in [6.07, 6.45) is -0.966. The normalized spacial score (nSPS) is 14.6. The van der Waals surface area contributed by atoms with Gasteiger partial charge in [0.25, 0.3) is 5.91 Å². The third-order valence-electron chi connectivity index (χ3n) is 7.13. The monoisotopic (exact) mass is 583 g/mol. The van der Waals surface area contributed by atoms with E-state index >= 15 is 0 Å². The fraction of sp³-hybridized carbons (Fsp3) is 0.212. The number of sulfonamides is 1. The highest BCUT2D eigenvalue weighted by atomic mass is 32.2. The van der Waals surface area contributed by atoms with Crippen LogP contribution in [0.3, 0.4) is 0 Å². The Hall–Kier alpha value is -4.47. The van der Waals surface area contributed by atoms with E-state index in [1.54, 1.807) is 48.5 Å². The predicted octanol–water partition coefficient (Wildman–Crippen LogP) is 4.60. The summed E-state index contributed by atoms with van der Waals surface area (Å²) in [5.41, 5.74) is 4.14. The molecule has 5 rings (SSSR count). The topological polar surface area (TPSA) is 96.0 Å². The summed E-state index contributed by atoms with van der Waals surface area (Å²) in [5.74, 6) is -0.451. The Bertz CT molecular complexity index is 1660. The molecular formula is C33H33N3O5S. The van der Waals surface area contributed by atoms with E-state index in [2.05, 4.69) is 5.32 Å². The molecule has 1 heterocycles. The van der Waals surface area contributed by atoms with Crippen molar-refractivity contribution in [3.05, 3.63) is 125 Å². The van der Waals surface area contributed by atoms with Crippen LogP contribution in [0.4, 0.5) is 5.69 Å². The lowest BCUT2D eigenvalue weighted by atomic mass is 10.1. The van der Waals surface area contributed by atoms with Crippen LogP contribution < -0.4 is 15.0 Å². The molecule has 1 aliphatic heterocycles. The number of hydrogen-bond acceptors (Lipinski definition) is 5. The molecule has 0 spiro atoms. The van der Waals surface area contributed by atoms with Gasteiger partial charge in [0.05, 0.1) is 23.7 Å². The van der Waals surface area contributed by atoms with Crippen molar-refractivity contribution < 1.29 is 22.7 Å². The number of benzene rings is 4. The minimum Gasteiger partial charge on any atom is -0.477 e. The van der Waals surface area contributed by atoms with Gasteiger partial charge in [-0.2, -0.15) is 4.31 Å². The number of hydrogen-bond donors (Lipinski definition) is 1. The Morgan fingerprint density at radius 1 is 0.833 bits per heavy atom. The molecule has 42 heavy (non-hydrogen) atoms. The second-order valence-electron chi connectivity index (χ2n) is 10.4. The first-order valence-corrected chi connectivity index (χ1v) is 15.1. The molecule has 216 valence electrons. The van der Waals surface area contributed by atoms with E-state index in [1.165, 1.54) is 9.21 Å². The van der Waals surface area contributed by atoms with Crippen LogP contribution in [0.2, 0.25) is 0 Å². The molecule has 4 aromatic carbocycles. The zero-order valence-electron chi connectivity index (χ0n) is 23.6. The Labute approximate surface area is 246 Å². The molecule has 1 atom stereocenters. The van der Waals surface area contributed by atoms with Crippen molar-refractivity contribution in [3.8, 4) is 5.75 Å². The van der Waals surface area contributed by atoms with Crippen molar-refractivity contribution >= 4 is 27.5 Å². The highest BCUT2D eigenvalue weighted by molar-refractivity contribution is 7.89. The second-order valence-corrected chi connectivity index (χ2v) is 12.3. The molecule has 9 heteroatoms. The van der Waals surface area contributed by atoms with Crippen LogP contribution in [0, 0.1) is 13.8 Å². The molecule has 0 bridgehead atoms. The van der Waals surface area contributed by atoms with Crippen LogP contribution in [-0.2, 0) is 32.7 Å². The van der Waals surface area contributed by atoms with Gasteiger partial charge in [-0.1, -0.05) is 90.0 Å². The van der Waals surface area contributed by atoms with E-state index in [0.29, 0.717) is 18.0 Å². The van der Waals surface area contributed by atoms with Crippen LogP contribution >= 0.6 is 0 Å². The highest BCUT2D eigenvalue weighted by Crippen LogP contribution is 2.33. The lowest BCUT2D eigenvalue weighted by molar-refractivity contribution is -0.128. The van der Waals surface area contributed by atoms with E-state index in [4.69, 9.17) is 4.74 Å². The van der Waals surface area contributed by atoms with Crippen molar-refractivity contribution in [2.45, 2.75) is 37.9 Å². The molecule has 1 aliphatic rings. The fourth-order valence-electron chi connectivity index (χ4n) is 4.72. The van der Waals surface area contributed by atoms with Crippen molar-refractivity contribution in [2.75, 3.05) is 18.0 Å². The SMILES string of the molecule is Cc1ccc(CN(CC(=O)N2C[C@H](C(=O)NCc3ccccc3)Oc3ccccc32)S(=O)(=O)c2ccc(C)cc2)cc1. The van der Waals surface area contributed by atoms with Gasteiger partial charge < -0.3 is 15.0 Å². The Morgan fingerprint density at radius 2 is 1.45 bits per heavy atom. The molecule has 2 amide bonds. The van der Waals surface area contributed by atoms with Crippen LogP contribution in [-0.4, -0.2) is 43.7 Å². The molecule has 0 unspecified atom stereocenters. The molecule has 0 radical (unpaired) electrons. The van der Waals surface area contributed by atoms with Gasteiger partial charge in [0.2, 0.25) is 15.9 Å². The molecule has 8 nitrogen and oxygen atoms in total. The van der Waals surface area contributed by atoms with Crippen molar-refractivity contribution in [2.24, 2.45) is 0 Å². The number of nitrogens with one attached hydrogen (secondary N) is 1. The maximum atomic E-state index is 13.9. The minimum atomic E-state index is -4.03. The summed E-state index contributed by atoms with van der Waals surface area (Å²) in [4.78, 5) is 28.6. The largest absolute Gasteiger partial charge is 0.477 e. The van der Waals surface area contributed by atoms with E-state index in [0.717, 1.165) is 22.3 Å². The number of para-hydroxylation sites is 2. The first kappa shape index (κ1) is 29.0. The summed E-state index contributed by atoms with van der Waals surface area (Å²) in [7, 11) is -4.03. The van der Waals surface area contributed by atoms with Crippen LogP contribution in [0.5, 0.6) is 5.75 Å². The van der Waals surface area contributed by atoms with Gasteiger partial charge in [-0.05, 0) is 49.2 Å². The number of carbonyl (C=O) groups is 2. The summed E-state index contributed by atoms with van der Waals surface area (Å²) < 4.78 is 34.8. The molecule has 1 N–H and O–H groups in total. The zero-order chi connectivity index (χ0) is 29.7. The van der Waals surface area contributed by atoms with E-state index in [9.17, 15) is 18.0 Å². The zero-order valence-corrected chi connectivity index (χ0v) is 24.4. The molecule has 0 aromatic heterocycles. The van der Waals surface area contributed by atoms with E-state index < -0.39 is 28.6 Å². The molecule has 0 saturated carbocycles. The number of nitrogens with zero attached hydrogens (tertiary/aromatic N) is 2. The van der Waals surface area contributed by atoms with Crippen LogP contribution in [0.1, 0.15) is 22.3 Å². The van der Waals surface area contributed by atoms with Gasteiger partial charge >= 0.3 is 0 Å². The Balaban J connectivity index is 1.40. The number of amides is 2. The Morgan fingerprint density at radius 3 is 2.14 bits per heavy atom. The summed E-state index contributed by atoms with van der Waals surface area (Å²) in [6.45, 7) is 3.68. The van der Waals surface area contributed by atoms with Crippen molar-refractivity contribution in [1.82, 2.24) is 9.62 Å². The number of anilines is 1. The highest BCUT2D eigenvalue weighted by Gasteiger charge is 2.36. The molecule has 4 aromatic rings. The Kier molecular flexibility index (Phi) is 8.70. The lowest BCUT2D eigenvalue weighted by Gasteiger charge is -2.35. The summed E-state index contributed by atoms with van der Waals surface area (Å²) in [6, 6.07) is 30.5. The first-order chi connectivity index (χ1) is 20.2. The van der Waals surface area contributed by atoms with Gasteiger partial charge in [-0.25, -0.2) is 8.42 Å². The molecular weight excluding hydrogens is 550 g/mol. The number of aryl methyl sites for hydroxylation is 2. The standard InChI is InChI=1S/C33H33N3O5S/c1-24-12-16-27(17-13-24)21-35(42(39,40)28-18-14-25(2)15-19-28)23-32(37)36-22-31(41-30-11-7-6-10-29(30)36)33(38)34-20-26-8-4-3-5-9-26/h3-19,31H,20-23H2,1-2H3,(H,34,38)/t31-/m1/s1. The summed E-state index contributed by atoms with van der Waals surface area (Å²) in [5, 5.41) is 2.88. The van der Waals surface area contributed by atoms with Crippen LogP contribution in [0.15, 0.2) is 108 Å². The maximum Gasteiger partial charge on any atom is 0.263 e. The van der Waals surface area contributed by atoms with Gasteiger partial charge in [0.1, 0.15) is 5.75 Å². The average molecular weight is 584 g/mol. The van der Waals surface area contributed by atoms with Crippen molar-refractivity contribution in [1.29, 1.82) is 0 Å². The average Bonchev–Trinajstić information content (AvgIpc) is 3.00. The van der Waals surface area contributed by atoms with Crippen LogP contribution in [0.25, 0.3) is 0 Å². The third-order valence-corrected chi connectivity index (χ3v) is 8.93. The number of carbonyl (C=O) groups excluding carboxylic acids is 2. The van der Waals surface area contributed by atoms with E-state index in [-0.39, 0.29) is 23.9 Å². The predicted molar refractivity (Wildman–Crippen MR) is 161 cm³/mol. The number of fused-ring (bicyclic) bond motifs is 1. The molecule has 0 saturated heterocycles. The van der Waals surface area contributed by atoms with Crippen molar-refractivity contribution in [3.63, 3.8) is 0 Å². The molecule has 0 aliphatic carbocycles. The fourth-order valence-corrected chi connectivity index (χ4v) is 6.10. The second kappa shape index (κ2) is 12.6. The maximum absolute atomic E-state index is 13.9. The van der Waals surface area contributed by atoms with Gasteiger partial charge in [-0.15, -0.1) is 0 Å². The molecule has 0 fully saturated rings. The quantitative estimate of drug-likeness (QED) is 0.311. The smallest absolute Gasteiger partial charge is 0.263 e. The van der Waals surface area contributed by atoms with Gasteiger partial charge in [0, 0.05) is 13.1 Å². The third kappa shape index (κ3) is 6.70. The van der Waals surface area contributed by atoms with E-state index in [1.807, 2.05) is 68.4 Å². The van der Waals surface area contributed by atoms with Gasteiger partial charge in [-0.3, -0.25) is 9.59 Å². The first-order valence-electron chi connectivity index (χ1n) is 13.7. The summed E-state index contributed by atoms with van der Waals surface area (Å²) >= 11 is 0. The number of ether oxygens (including phenoxy) is 1. The number of rotatable bonds is 9. The van der Waals surface area contributed by atoms with Gasteiger partial charge in [0.15, 0.2) is 6.10 Å². The minimum absolute atomic E-state index is 0.00913. The lowest BCUT2D eigenvalue weighted by Crippen LogP contribution is -2.52.